The molecular weight excluding hydrogens is 380 g/mol. The lowest BCUT2D eigenvalue weighted by Crippen LogP contribution is -2.49. The van der Waals surface area contributed by atoms with Crippen molar-refractivity contribution in [3.63, 3.8) is 0 Å². The third-order valence-electron chi connectivity index (χ3n) is 6.09. The molecule has 0 spiro atoms. The Morgan fingerprint density at radius 3 is 2.50 bits per heavy atom. The van der Waals surface area contributed by atoms with Gasteiger partial charge in [0.2, 0.25) is 5.91 Å². The number of para-hydroxylation sites is 1. The highest BCUT2D eigenvalue weighted by Gasteiger charge is 2.45. The van der Waals surface area contributed by atoms with Gasteiger partial charge in [0.1, 0.15) is 0 Å². The monoisotopic (exact) mass is 404 g/mol. The van der Waals surface area contributed by atoms with Crippen molar-refractivity contribution < 1.29 is 19.5 Å². The van der Waals surface area contributed by atoms with E-state index < -0.39 is 11.9 Å². The fourth-order valence-electron chi connectivity index (χ4n) is 4.85. The smallest absolute Gasteiger partial charge is 0.328 e. The first-order valence-corrected chi connectivity index (χ1v) is 10.2. The molecular formula is C24H24N2O4. The van der Waals surface area contributed by atoms with E-state index in [-0.39, 0.29) is 23.8 Å². The molecule has 2 amide bonds. The van der Waals surface area contributed by atoms with Crippen molar-refractivity contribution in [1.29, 1.82) is 0 Å². The second kappa shape index (κ2) is 8.53. The minimum absolute atomic E-state index is 0.00632. The van der Waals surface area contributed by atoms with Gasteiger partial charge in [-0.2, -0.15) is 0 Å². The number of carboxylic acid groups (broad SMARTS) is 1. The number of benzene rings is 2. The molecule has 2 aromatic rings. The summed E-state index contributed by atoms with van der Waals surface area (Å²) >= 11 is 0. The summed E-state index contributed by atoms with van der Waals surface area (Å²) < 4.78 is 0. The zero-order valence-electron chi connectivity index (χ0n) is 16.5. The highest BCUT2D eigenvalue weighted by atomic mass is 16.4. The number of hydrogen-bond donors (Lipinski definition) is 2. The van der Waals surface area contributed by atoms with E-state index in [2.05, 4.69) is 5.32 Å². The number of carboxylic acids is 1. The minimum atomic E-state index is -1.15. The highest BCUT2D eigenvalue weighted by molar-refractivity contribution is 6.07. The number of nitrogens with one attached hydrogen (secondary N) is 1. The molecule has 0 saturated heterocycles. The first-order valence-electron chi connectivity index (χ1n) is 10.2. The first-order chi connectivity index (χ1) is 14.6. The van der Waals surface area contributed by atoms with Gasteiger partial charge in [-0.3, -0.25) is 9.59 Å². The van der Waals surface area contributed by atoms with Crippen LogP contribution in [0.15, 0.2) is 66.7 Å². The second-order valence-electron chi connectivity index (χ2n) is 7.79. The number of carbonyl (C=O) groups is 3. The van der Waals surface area contributed by atoms with Gasteiger partial charge in [-0.15, -0.1) is 0 Å². The predicted molar refractivity (Wildman–Crippen MR) is 113 cm³/mol. The zero-order valence-corrected chi connectivity index (χ0v) is 16.5. The van der Waals surface area contributed by atoms with E-state index in [9.17, 15) is 14.4 Å². The predicted octanol–water partition coefficient (Wildman–Crippen LogP) is 3.36. The van der Waals surface area contributed by atoms with Crippen LogP contribution in [0, 0.1) is 5.92 Å². The van der Waals surface area contributed by atoms with Gasteiger partial charge in [-0.05, 0) is 42.5 Å². The van der Waals surface area contributed by atoms with Crippen LogP contribution in [0.1, 0.15) is 41.1 Å². The molecule has 2 aliphatic rings. The molecule has 0 unspecified atom stereocenters. The van der Waals surface area contributed by atoms with Crippen LogP contribution in [-0.2, 0) is 9.59 Å². The van der Waals surface area contributed by atoms with Crippen LogP contribution in [0.3, 0.4) is 0 Å². The Morgan fingerprint density at radius 2 is 1.73 bits per heavy atom. The van der Waals surface area contributed by atoms with Crippen molar-refractivity contribution in [2.45, 2.75) is 31.2 Å². The van der Waals surface area contributed by atoms with E-state index in [1.54, 1.807) is 0 Å². The molecule has 1 saturated carbocycles. The molecule has 1 aliphatic carbocycles. The van der Waals surface area contributed by atoms with Crippen molar-refractivity contribution in [2.24, 2.45) is 5.92 Å². The number of anilines is 1. The van der Waals surface area contributed by atoms with E-state index in [0.29, 0.717) is 12.1 Å². The number of nitrogens with zero attached hydrogens (tertiary/aromatic N) is 1. The van der Waals surface area contributed by atoms with Gasteiger partial charge < -0.3 is 15.3 Å². The van der Waals surface area contributed by atoms with E-state index in [4.69, 9.17) is 5.11 Å². The van der Waals surface area contributed by atoms with Gasteiger partial charge in [0.15, 0.2) is 0 Å². The van der Waals surface area contributed by atoms with E-state index in [1.807, 2.05) is 59.5 Å². The third kappa shape index (κ3) is 3.85. The number of fused-ring (bicyclic) bond motifs is 2. The standard InChI is InChI=1S/C24H24N2O4/c27-22(13-14-23(28)29)25-15-19-17-9-4-5-11-20(17)26(21-12-6-10-18(19)21)24(30)16-7-2-1-3-8-16/h1-5,7-9,11,13-14,18-19,21H,6,10,12,15H2,(H,25,27)(H,28,29)/b14-13+/t18-,19+,21-/m1/s1. The van der Waals surface area contributed by atoms with Crippen molar-refractivity contribution in [3.8, 4) is 0 Å². The number of hydrogen-bond acceptors (Lipinski definition) is 3. The quantitative estimate of drug-likeness (QED) is 0.748. The Kier molecular flexibility index (Phi) is 5.65. The molecule has 2 N–H and O–H groups in total. The second-order valence-corrected chi connectivity index (χ2v) is 7.79. The van der Waals surface area contributed by atoms with Crippen LogP contribution in [0.2, 0.25) is 0 Å². The van der Waals surface area contributed by atoms with Crippen LogP contribution >= 0.6 is 0 Å². The molecule has 0 radical (unpaired) electrons. The van der Waals surface area contributed by atoms with Gasteiger partial charge >= 0.3 is 5.97 Å². The minimum Gasteiger partial charge on any atom is -0.478 e. The average Bonchev–Trinajstić information content (AvgIpc) is 3.24. The Balaban J connectivity index is 1.64. The Bertz CT molecular complexity index is 986. The van der Waals surface area contributed by atoms with Gasteiger partial charge in [-0.1, -0.05) is 42.8 Å². The van der Waals surface area contributed by atoms with Gasteiger partial charge in [0.05, 0.1) is 0 Å². The van der Waals surface area contributed by atoms with Gasteiger partial charge in [0, 0.05) is 41.9 Å². The fraction of sp³-hybridized carbons (Fsp3) is 0.292. The molecule has 4 rings (SSSR count). The Hall–Kier alpha value is -3.41. The molecule has 1 aliphatic heterocycles. The molecule has 6 nitrogen and oxygen atoms in total. The molecule has 3 atom stereocenters. The third-order valence-corrected chi connectivity index (χ3v) is 6.09. The van der Waals surface area contributed by atoms with Crippen LogP contribution < -0.4 is 10.2 Å². The van der Waals surface area contributed by atoms with Crippen molar-refractivity contribution in [1.82, 2.24) is 5.32 Å². The average molecular weight is 404 g/mol. The van der Waals surface area contributed by atoms with Crippen molar-refractivity contribution in [2.75, 3.05) is 11.4 Å². The van der Waals surface area contributed by atoms with E-state index in [1.165, 1.54) is 0 Å². The summed E-state index contributed by atoms with van der Waals surface area (Å²) in [5.41, 5.74) is 2.62. The van der Waals surface area contributed by atoms with Gasteiger partial charge in [-0.25, -0.2) is 4.79 Å². The van der Waals surface area contributed by atoms with Crippen molar-refractivity contribution >= 4 is 23.5 Å². The normalized spacial score (nSPS) is 22.4. The first kappa shape index (κ1) is 19.9. The summed E-state index contributed by atoms with van der Waals surface area (Å²) in [5.74, 6) is -1.25. The summed E-state index contributed by atoms with van der Waals surface area (Å²) in [4.78, 5) is 38.0. The number of rotatable bonds is 5. The van der Waals surface area contributed by atoms with Crippen molar-refractivity contribution in [3.05, 3.63) is 77.9 Å². The molecule has 0 bridgehead atoms. The lowest BCUT2D eigenvalue weighted by molar-refractivity contribution is -0.131. The topological polar surface area (TPSA) is 86.7 Å². The van der Waals surface area contributed by atoms with Crippen LogP contribution in [-0.4, -0.2) is 35.5 Å². The van der Waals surface area contributed by atoms with Crippen LogP contribution in [0.5, 0.6) is 0 Å². The maximum absolute atomic E-state index is 13.4. The Morgan fingerprint density at radius 1 is 1.00 bits per heavy atom. The summed E-state index contributed by atoms with van der Waals surface area (Å²) in [6.07, 6.45) is 4.83. The molecule has 30 heavy (non-hydrogen) atoms. The molecule has 0 aromatic heterocycles. The lowest BCUT2D eigenvalue weighted by atomic mass is 9.77. The molecule has 6 heteroatoms. The Labute approximate surface area is 175 Å². The number of aliphatic carboxylic acids is 1. The summed E-state index contributed by atoms with van der Waals surface area (Å²) in [5, 5.41) is 11.5. The van der Waals surface area contributed by atoms with Crippen LogP contribution in [0.4, 0.5) is 5.69 Å². The fourth-order valence-corrected chi connectivity index (χ4v) is 4.85. The lowest BCUT2D eigenvalue weighted by Gasteiger charge is -2.44. The zero-order chi connectivity index (χ0) is 21.1. The maximum atomic E-state index is 13.4. The SMILES string of the molecule is O=C(O)/C=C/C(=O)NC[C@H]1c2ccccc2N(C(=O)c2ccccc2)[C@@H]2CCC[C@@H]21. The molecule has 1 fully saturated rings. The molecule has 1 heterocycles. The molecule has 154 valence electrons. The number of carbonyl (C=O) groups excluding carboxylic acids is 2. The van der Waals surface area contributed by atoms with E-state index in [0.717, 1.165) is 42.7 Å². The highest BCUT2D eigenvalue weighted by Crippen LogP contribution is 2.49. The van der Waals surface area contributed by atoms with Crippen LogP contribution in [0.25, 0.3) is 0 Å². The van der Waals surface area contributed by atoms with E-state index >= 15 is 0 Å². The molecule has 2 aromatic carbocycles. The number of amides is 2. The maximum Gasteiger partial charge on any atom is 0.328 e. The summed E-state index contributed by atoms with van der Waals surface area (Å²) in [6.45, 7) is 0.411. The van der Waals surface area contributed by atoms with Gasteiger partial charge in [0.25, 0.3) is 5.91 Å². The summed E-state index contributed by atoms with van der Waals surface area (Å²) in [6, 6.07) is 17.3. The summed E-state index contributed by atoms with van der Waals surface area (Å²) in [7, 11) is 0. The largest absolute Gasteiger partial charge is 0.478 e.